The Balaban J connectivity index is 1.99. The summed E-state index contributed by atoms with van der Waals surface area (Å²) >= 11 is 5.95. The maximum atomic E-state index is 5.95. The molecule has 2 heterocycles. The van der Waals surface area contributed by atoms with E-state index >= 15 is 0 Å². The van der Waals surface area contributed by atoms with Crippen LogP contribution < -0.4 is 5.73 Å². The molecular formula is C15H15ClN4. The monoisotopic (exact) mass is 286 g/mol. The summed E-state index contributed by atoms with van der Waals surface area (Å²) in [5.74, 6) is 0.928. The van der Waals surface area contributed by atoms with Gasteiger partial charge in [-0.3, -0.25) is 0 Å². The predicted octanol–water partition coefficient (Wildman–Crippen LogP) is 2.90. The van der Waals surface area contributed by atoms with Gasteiger partial charge in [-0.15, -0.1) is 0 Å². The number of nitrogens with zero attached hydrogens (tertiary/aromatic N) is 3. The van der Waals surface area contributed by atoms with Crippen LogP contribution in [0.5, 0.6) is 0 Å². The van der Waals surface area contributed by atoms with Crippen molar-refractivity contribution >= 4 is 22.8 Å². The standard InChI is InChI=1S/C15H15ClN4/c1-10-19-14-6-13(16)8-18-15(14)20(10)9-12-4-2-11(7-17)3-5-12/h2-6,8H,7,9,17H2,1H3. The van der Waals surface area contributed by atoms with Gasteiger partial charge in [-0.05, 0) is 24.1 Å². The minimum Gasteiger partial charge on any atom is -0.326 e. The van der Waals surface area contributed by atoms with Gasteiger partial charge in [-0.2, -0.15) is 0 Å². The number of nitrogens with two attached hydrogens (primary N) is 1. The van der Waals surface area contributed by atoms with E-state index in [1.165, 1.54) is 5.56 Å². The fraction of sp³-hybridized carbons (Fsp3) is 0.200. The highest BCUT2D eigenvalue weighted by molar-refractivity contribution is 6.31. The Bertz CT molecular complexity index is 746. The summed E-state index contributed by atoms with van der Waals surface area (Å²) in [4.78, 5) is 8.88. The lowest BCUT2D eigenvalue weighted by atomic mass is 10.1. The maximum Gasteiger partial charge on any atom is 0.160 e. The molecule has 102 valence electrons. The van der Waals surface area contributed by atoms with E-state index in [1.54, 1.807) is 6.20 Å². The van der Waals surface area contributed by atoms with Gasteiger partial charge in [0.05, 0.1) is 11.6 Å². The van der Waals surface area contributed by atoms with Gasteiger partial charge < -0.3 is 10.3 Å². The molecule has 0 saturated heterocycles. The van der Waals surface area contributed by atoms with Crippen molar-refractivity contribution in [2.24, 2.45) is 5.73 Å². The van der Waals surface area contributed by atoms with Crippen LogP contribution in [0, 0.1) is 6.92 Å². The lowest BCUT2D eigenvalue weighted by molar-refractivity contribution is 0.777. The number of aryl methyl sites for hydroxylation is 1. The first-order chi connectivity index (χ1) is 9.67. The predicted molar refractivity (Wildman–Crippen MR) is 80.7 cm³/mol. The molecule has 0 aliphatic carbocycles. The molecule has 3 rings (SSSR count). The summed E-state index contributed by atoms with van der Waals surface area (Å²) in [5.41, 5.74) is 9.62. The average molecular weight is 287 g/mol. The summed E-state index contributed by atoms with van der Waals surface area (Å²) in [6.45, 7) is 3.28. The smallest absolute Gasteiger partial charge is 0.160 e. The molecule has 2 aromatic heterocycles. The Hall–Kier alpha value is -1.91. The minimum atomic E-state index is 0.563. The van der Waals surface area contributed by atoms with Crippen molar-refractivity contribution in [3.63, 3.8) is 0 Å². The van der Waals surface area contributed by atoms with Gasteiger partial charge >= 0.3 is 0 Å². The molecule has 20 heavy (non-hydrogen) atoms. The second-order valence-corrected chi connectivity index (χ2v) is 5.20. The van der Waals surface area contributed by atoms with Gasteiger partial charge in [0.1, 0.15) is 11.3 Å². The molecule has 0 radical (unpaired) electrons. The molecule has 0 bridgehead atoms. The van der Waals surface area contributed by atoms with Crippen LogP contribution in [-0.4, -0.2) is 14.5 Å². The fourth-order valence-corrected chi connectivity index (χ4v) is 2.40. The normalized spacial score (nSPS) is 11.2. The summed E-state index contributed by atoms with van der Waals surface area (Å²) in [5, 5.41) is 0.606. The summed E-state index contributed by atoms with van der Waals surface area (Å²) in [7, 11) is 0. The molecule has 0 spiro atoms. The summed E-state index contributed by atoms with van der Waals surface area (Å²) < 4.78 is 2.09. The third-order valence-corrected chi connectivity index (χ3v) is 3.55. The number of halogens is 1. The quantitative estimate of drug-likeness (QED) is 0.805. The van der Waals surface area contributed by atoms with Crippen LogP contribution in [0.4, 0.5) is 0 Å². The van der Waals surface area contributed by atoms with Crippen LogP contribution in [0.15, 0.2) is 36.5 Å². The highest BCUT2D eigenvalue weighted by Gasteiger charge is 2.09. The van der Waals surface area contributed by atoms with Crippen molar-refractivity contribution in [1.29, 1.82) is 0 Å². The molecule has 0 amide bonds. The molecule has 0 saturated carbocycles. The molecule has 0 fully saturated rings. The van der Waals surface area contributed by atoms with Crippen molar-refractivity contribution in [3.05, 3.63) is 58.5 Å². The summed E-state index contributed by atoms with van der Waals surface area (Å²) in [6, 6.07) is 10.1. The maximum absolute atomic E-state index is 5.95. The second kappa shape index (κ2) is 5.23. The van der Waals surface area contributed by atoms with Crippen molar-refractivity contribution in [2.75, 3.05) is 0 Å². The Morgan fingerprint density at radius 1 is 1.20 bits per heavy atom. The molecule has 5 heteroatoms. The van der Waals surface area contributed by atoms with E-state index < -0.39 is 0 Å². The topological polar surface area (TPSA) is 56.7 Å². The lowest BCUT2D eigenvalue weighted by Gasteiger charge is -2.07. The van der Waals surface area contributed by atoms with Crippen molar-refractivity contribution in [2.45, 2.75) is 20.0 Å². The summed E-state index contributed by atoms with van der Waals surface area (Å²) in [6.07, 6.45) is 1.65. The second-order valence-electron chi connectivity index (χ2n) is 4.76. The van der Waals surface area contributed by atoms with Gasteiger partial charge in [-0.25, -0.2) is 9.97 Å². The first-order valence-electron chi connectivity index (χ1n) is 6.43. The SMILES string of the molecule is Cc1nc2cc(Cl)cnc2n1Cc1ccc(CN)cc1. The van der Waals surface area contributed by atoms with Crippen molar-refractivity contribution < 1.29 is 0 Å². The number of hydrogen-bond donors (Lipinski definition) is 1. The van der Waals surface area contributed by atoms with Crippen LogP contribution in [0.1, 0.15) is 17.0 Å². The average Bonchev–Trinajstić information content (AvgIpc) is 2.75. The van der Waals surface area contributed by atoms with Gasteiger partial charge in [0, 0.05) is 12.7 Å². The number of hydrogen-bond acceptors (Lipinski definition) is 3. The van der Waals surface area contributed by atoms with E-state index in [2.05, 4.69) is 26.7 Å². The van der Waals surface area contributed by atoms with Crippen molar-refractivity contribution in [3.8, 4) is 0 Å². The third kappa shape index (κ3) is 2.40. The van der Waals surface area contributed by atoms with Crippen LogP contribution in [0.2, 0.25) is 5.02 Å². The van der Waals surface area contributed by atoms with Gasteiger partial charge in [0.15, 0.2) is 5.65 Å². The zero-order valence-electron chi connectivity index (χ0n) is 11.2. The van der Waals surface area contributed by atoms with Gasteiger partial charge in [0.25, 0.3) is 0 Å². The van der Waals surface area contributed by atoms with Crippen LogP contribution in [0.3, 0.4) is 0 Å². The molecule has 2 N–H and O–H groups in total. The zero-order chi connectivity index (χ0) is 14.1. The number of fused-ring (bicyclic) bond motifs is 1. The Labute approximate surface area is 122 Å². The van der Waals surface area contributed by atoms with Crippen molar-refractivity contribution in [1.82, 2.24) is 14.5 Å². The van der Waals surface area contributed by atoms with Gasteiger partial charge in [0.2, 0.25) is 0 Å². The first-order valence-corrected chi connectivity index (χ1v) is 6.81. The Morgan fingerprint density at radius 3 is 2.60 bits per heavy atom. The number of pyridine rings is 1. The molecule has 1 aromatic carbocycles. The zero-order valence-corrected chi connectivity index (χ0v) is 11.9. The molecule has 3 aromatic rings. The van der Waals surface area contributed by atoms with E-state index in [4.69, 9.17) is 17.3 Å². The Morgan fingerprint density at radius 2 is 1.90 bits per heavy atom. The molecule has 0 aliphatic rings. The van der Waals surface area contributed by atoms with E-state index in [0.29, 0.717) is 11.6 Å². The number of rotatable bonds is 3. The fourth-order valence-electron chi connectivity index (χ4n) is 2.25. The largest absolute Gasteiger partial charge is 0.326 e. The van der Waals surface area contributed by atoms with Gasteiger partial charge in [-0.1, -0.05) is 35.9 Å². The molecular weight excluding hydrogens is 272 g/mol. The van der Waals surface area contributed by atoms with Crippen LogP contribution in [0.25, 0.3) is 11.2 Å². The molecule has 0 aliphatic heterocycles. The molecule has 0 atom stereocenters. The van der Waals surface area contributed by atoms with E-state index in [1.807, 2.05) is 25.1 Å². The highest BCUT2D eigenvalue weighted by Crippen LogP contribution is 2.19. The van der Waals surface area contributed by atoms with E-state index in [-0.39, 0.29) is 0 Å². The number of aromatic nitrogens is 3. The number of imidazole rings is 1. The number of benzene rings is 1. The van der Waals surface area contributed by atoms with Crippen LogP contribution >= 0.6 is 11.6 Å². The Kier molecular flexibility index (Phi) is 3.42. The van der Waals surface area contributed by atoms with E-state index in [0.717, 1.165) is 29.1 Å². The van der Waals surface area contributed by atoms with Crippen LogP contribution in [-0.2, 0) is 13.1 Å². The minimum absolute atomic E-state index is 0.563. The third-order valence-electron chi connectivity index (χ3n) is 3.34. The van der Waals surface area contributed by atoms with E-state index in [9.17, 15) is 0 Å². The first kappa shape index (κ1) is 13.1. The lowest BCUT2D eigenvalue weighted by Crippen LogP contribution is -2.03. The highest BCUT2D eigenvalue weighted by atomic mass is 35.5. The molecule has 4 nitrogen and oxygen atoms in total. The molecule has 0 unspecified atom stereocenters.